The highest BCUT2D eigenvalue weighted by atomic mass is 16.1. The fraction of sp³-hybridized carbons (Fsp3) is 0.240. The number of hydrogen-bond acceptors (Lipinski definition) is 3. The van der Waals surface area contributed by atoms with Crippen molar-refractivity contribution in [1.82, 2.24) is 5.32 Å². The van der Waals surface area contributed by atoms with E-state index >= 15 is 0 Å². The molecule has 0 spiro atoms. The van der Waals surface area contributed by atoms with E-state index < -0.39 is 0 Å². The van der Waals surface area contributed by atoms with Crippen molar-refractivity contribution in [3.63, 3.8) is 0 Å². The molecule has 0 radical (unpaired) electrons. The number of nitrogens with one attached hydrogen (secondary N) is 1. The smallest absolute Gasteiger partial charge is 0.244 e. The molecule has 1 amide bonds. The number of Topliss-reactive ketones (excluding diaryl/α,β-unsaturated/α-hetero) is 2. The summed E-state index contributed by atoms with van der Waals surface area (Å²) in [6.45, 7) is 8.83. The van der Waals surface area contributed by atoms with E-state index in [1.165, 1.54) is 19.9 Å². The number of carbonyl (C=O) groups is 3. The summed E-state index contributed by atoms with van der Waals surface area (Å²) < 4.78 is 0. The molecule has 2 rings (SSSR count). The van der Waals surface area contributed by atoms with Crippen LogP contribution in [0.3, 0.4) is 0 Å². The first kappa shape index (κ1) is 22.0. The van der Waals surface area contributed by atoms with Crippen molar-refractivity contribution in [2.45, 2.75) is 40.2 Å². The summed E-state index contributed by atoms with van der Waals surface area (Å²) in [6.07, 6.45) is 5.19. The Hall–Kier alpha value is -3.27. The lowest BCUT2D eigenvalue weighted by Gasteiger charge is -2.19. The van der Waals surface area contributed by atoms with Crippen molar-refractivity contribution in [3.8, 4) is 0 Å². The molecule has 0 saturated heterocycles. The highest BCUT2D eigenvalue weighted by Gasteiger charge is 2.11. The molecule has 0 aliphatic rings. The van der Waals surface area contributed by atoms with Gasteiger partial charge in [0.2, 0.25) is 5.91 Å². The van der Waals surface area contributed by atoms with Gasteiger partial charge in [-0.1, -0.05) is 48.5 Å². The van der Waals surface area contributed by atoms with Crippen LogP contribution in [0, 0.1) is 0 Å². The van der Waals surface area contributed by atoms with Gasteiger partial charge in [-0.2, -0.15) is 0 Å². The lowest BCUT2D eigenvalue weighted by molar-refractivity contribution is -0.117. The Kier molecular flexibility index (Phi) is 7.05. The van der Waals surface area contributed by atoms with E-state index in [4.69, 9.17) is 0 Å². The van der Waals surface area contributed by atoms with Crippen molar-refractivity contribution in [3.05, 3.63) is 82.9 Å². The number of rotatable bonds is 6. The number of carbonyl (C=O) groups excluding carboxylic acids is 3. The number of ketones is 2. The van der Waals surface area contributed by atoms with Crippen molar-refractivity contribution >= 4 is 29.1 Å². The second kappa shape index (κ2) is 9.28. The molecular weight excluding hydrogens is 362 g/mol. The fourth-order valence-corrected chi connectivity index (χ4v) is 2.70. The minimum Gasteiger partial charge on any atom is -0.348 e. The summed E-state index contributed by atoms with van der Waals surface area (Å²) in [5.74, 6) is -0.169. The van der Waals surface area contributed by atoms with Gasteiger partial charge in [-0.15, -0.1) is 0 Å². The second-order valence-corrected chi connectivity index (χ2v) is 7.98. The molecular formula is C25H27NO3. The maximum absolute atomic E-state index is 12.2. The maximum atomic E-state index is 12.2. The van der Waals surface area contributed by atoms with Crippen LogP contribution in [0.25, 0.3) is 11.6 Å². The number of benzene rings is 2. The van der Waals surface area contributed by atoms with Crippen LogP contribution in [0.4, 0.5) is 0 Å². The van der Waals surface area contributed by atoms with Crippen molar-refractivity contribution in [2.24, 2.45) is 0 Å². The third kappa shape index (κ3) is 7.00. The Morgan fingerprint density at radius 3 is 1.62 bits per heavy atom. The van der Waals surface area contributed by atoms with Gasteiger partial charge in [-0.05, 0) is 63.5 Å². The minimum absolute atomic E-state index is 0.00185. The maximum Gasteiger partial charge on any atom is 0.244 e. The van der Waals surface area contributed by atoms with E-state index in [0.717, 1.165) is 16.7 Å². The highest BCUT2D eigenvalue weighted by Crippen LogP contribution is 2.21. The van der Waals surface area contributed by atoms with E-state index in [0.29, 0.717) is 11.1 Å². The zero-order valence-corrected chi connectivity index (χ0v) is 17.6. The van der Waals surface area contributed by atoms with E-state index in [9.17, 15) is 14.4 Å². The predicted octanol–water partition coefficient (Wildman–Crippen LogP) is 5.10. The van der Waals surface area contributed by atoms with Gasteiger partial charge >= 0.3 is 0 Å². The van der Waals surface area contributed by atoms with E-state index in [2.05, 4.69) is 5.32 Å². The van der Waals surface area contributed by atoms with Gasteiger partial charge in [-0.25, -0.2) is 0 Å². The fourth-order valence-electron chi connectivity index (χ4n) is 2.70. The lowest BCUT2D eigenvalue weighted by Crippen LogP contribution is -2.39. The Balaban J connectivity index is 2.40. The monoisotopic (exact) mass is 389 g/mol. The molecule has 0 aliphatic carbocycles. The van der Waals surface area contributed by atoms with Crippen LogP contribution in [-0.4, -0.2) is 23.0 Å². The average Bonchev–Trinajstić information content (AvgIpc) is 2.64. The van der Waals surface area contributed by atoms with Gasteiger partial charge in [-0.3, -0.25) is 14.4 Å². The molecule has 0 atom stereocenters. The van der Waals surface area contributed by atoms with Gasteiger partial charge in [0.05, 0.1) is 0 Å². The quantitative estimate of drug-likeness (QED) is 0.323. The largest absolute Gasteiger partial charge is 0.348 e. The lowest BCUT2D eigenvalue weighted by atomic mass is 9.99. The topological polar surface area (TPSA) is 63.2 Å². The second-order valence-electron chi connectivity index (χ2n) is 7.98. The first-order valence-corrected chi connectivity index (χ1v) is 9.49. The van der Waals surface area contributed by atoms with Gasteiger partial charge in [0.1, 0.15) is 0 Å². The van der Waals surface area contributed by atoms with Gasteiger partial charge < -0.3 is 5.32 Å². The van der Waals surface area contributed by atoms with Crippen LogP contribution in [0.1, 0.15) is 66.5 Å². The van der Waals surface area contributed by atoms with Crippen LogP contribution in [0.5, 0.6) is 0 Å². The standard InChI is InChI=1S/C25H27NO3/c1-17(27)20-8-6-19(7-9-20)16-23(14-15-24(29)26-25(3,4)5)22-12-10-21(11-13-22)18(2)28/h6-16H,1-5H3,(H,26,29)/b15-14+,23-16-. The number of allylic oxidation sites excluding steroid dienone is 2. The van der Waals surface area contributed by atoms with Crippen molar-refractivity contribution in [1.29, 1.82) is 0 Å². The van der Waals surface area contributed by atoms with Crippen molar-refractivity contribution in [2.75, 3.05) is 0 Å². The molecule has 0 fully saturated rings. The first-order chi connectivity index (χ1) is 13.5. The third-order valence-electron chi connectivity index (χ3n) is 4.18. The third-order valence-corrected chi connectivity index (χ3v) is 4.18. The Morgan fingerprint density at radius 2 is 1.17 bits per heavy atom. The zero-order chi connectivity index (χ0) is 21.6. The van der Waals surface area contributed by atoms with Crippen LogP contribution >= 0.6 is 0 Å². The average molecular weight is 389 g/mol. The molecule has 0 unspecified atom stereocenters. The highest BCUT2D eigenvalue weighted by molar-refractivity contribution is 5.97. The Labute approximate surface area is 172 Å². The summed E-state index contributed by atoms with van der Waals surface area (Å²) in [6, 6.07) is 14.5. The molecule has 0 aliphatic heterocycles. The molecule has 4 heteroatoms. The predicted molar refractivity (Wildman–Crippen MR) is 118 cm³/mol. The van der Waals surface area contributed by atoms with Crippen LogP contribution in [0.15, 0.2) is 60.7 Å². The molecule has 2 aromatic rings. The normalized spacial score (nSPS) is 12.1. The molecule has 0 aromatic heterocycles. The zero-order valence-electron chi connectivity index (χ0n) is 17.6. The van der Waals surface area contributed by atoms with Gasteiger partial charge in [0, 0.05) is 22.7 Å². The van der Waals surface area contributed by atoms with Crippen LogP contribution < -0.4 is 5.32 Å². The summed E-state index contributed by atoms with van der Waals surface area (Å²) in [4.78, 5) is 35.2. The number of hydrogen-bond donors (Lipinski definition) is 1. The molecule has 29 heavy (non-hydrogen) atoms. The number of amides is 1. The van der Waals surface area contributed by atoms with Crippen LogP contribution in [-0.2, 0) is 4.79 Å². The molecule has 4 nitrogen and oxygen atoms in total. The molecule has 1 N–H and O–H groups in total. The van der Waals surface area contributed by atoms with Gasteiger partial charge in [0.25, 0.3) is 0 Å². The summed E-state index contributed by atoms with van der Waals surface area (Å²) >= 11 is 0. The molecule has 0 saturated carbocycles. The summed E-state index contributed by atoms with van der Waals surface area (Å²) in [7, 11) is 0. The van der Waals surface area contributed by atoms with Crippen LogP contribution in [0.2, 0.25) is 0 Å². The summed E-state index contributed by atoms with van der Waals surface area (Å²) in [5, 5.41) is 2.90. The van der Waals surface area contributed by atoms with E-state index in [1.54, 1.807) is 30.3 Å². The molecule has 0 heterocycles. The SMILES string of the molecule is CC(=O)c1ccc(/C=C(/C=C/C(=O)NC(C)(C)C)c2ccc(C(C)=O)cc2)cc1. The van der Waals surface area contributed by atoms with Crippen molar-refractivity contribution < 1.29 is 14.4 Å². The summed E-state index contributed by atoms with van der Waals surface area (Å²) in [5.41, 5.74) is 3.56. The van der Waals surface area contributed by atoms with E-state index in [1.807, 2.05) is 51.1 Å². The first-order valence-electron chi connectivity index (χ1n) is 9.49. The molecule has 0 bridgehead atoms. The van der Waals surface area contributed by atoms with Gasteiger partial charge in [0.15, 0.2) is 11.6 Å². The molecule has 2 aromatic carbocycles. The van der Waals surface area contributed by atoms with E-state index in [-0.39, 0.29) is 23.0 Å². The Bertz CT molecular complexity index is 957. The minimum atomic E-state index is -0.322. The molecule has 150 valence electrons. The Morgan fingerprint density at radius 1 is 0.724 bits per heavy atom.